The summed E-state index contributed by atoms with van der Waals surface area (Å²) in [5, 5.41) is 3.18. The molecule has 1 aromatic rings. The first kappa shape index (κ1) is 20.2. The van der Waals surface area contributed by atoms with Crippen molar-refractivity contribution in [1.29, 1.82) is 0 Å². The number of carbonyl (C=O) groups excluding carboxylic acids is 1. The molecule has 0 radical (unpaired) electrons. The molecule has 1 heterocycles. The van der Waals surface area contributed by atoms with Gasteiger partial charge in [0, 0.05) is 43.0 Å². The zero-order valence-corrected chi connectivity index (χ0v) is 16.3. The molecule has 1 N–H and O–H groups in total. The van der Waals surface area contributed by atoms with Crippen LogP contribution in [0.5, 0.6) is 0 Å². The first-order valence-electron chi connectivity index (χ1n) is 9.72. The molecule has 0 aromatic heterocycles. The van der Waals surface area contributed by atoms with Crippen molar-refractivity contribution in [3.63, 3.8) is 0 Å². The van der Waals surface area contributed by atoms with Gasteiger partial charge < -0.3 is 14.8 Å². The molecule has 6 heteroatoms. The van der Waals surface area contributed by atoms with Crippen LogP contribution < -0.4 is 5.32 Å². The maximum absolute atomic E-state index is 14.4. The highest BCUT2D eigenvalue weighted by Crippen LogP contribution is 2.48. The lowest BCUT2D eigenvalue weighted by molar-refractivity contribution is -0.154. The number of hydrogen-bond donors (Lipinski definition) is 1. The van der Waals surface area contributed by atoms with Gasteiger partial charge in [0.15, 0.2) is 0 Å². The number of halogens is 2. The van der Waals surface area contributed by atoms with Crippen LogP contribution in [0.1, 0.15) is 57.6 Å². The number of methoxy groups -OCH3 is 1. The molecule has 3 rings (SSSR count). The third kappa shape index (κ3) is 4.49. The minimum absolute atomic E-state index is 0.0512. The number of nitrogens with one attached hydrogen (secondary N) is 1. The topological polar surface area (TPSA) is 47.6 Å². The normalized spacial score (nSPS) is 33.4. The van der Waals surface area contributed by atoms with Gasteiger partial charge in [0.2, 0.25) is 5.91 Å². The predicted molar refractivity (Wildman–Crippen MR) is 98.1 cm³/mol. The quantitative estimate of drug-likeness (QED) is 0.834. The molecular formula is C21H29F2NO3. The van der Waals surface area contributed by atoms with Gasteiger partial charge in [0.25, 0.3) is 0 Å². The molecule has 5 atom stereocenters. The molecule has 1 amide bonds. The van der Waals surface area contributed by atoms with Crippen LogP contribution in [0.4, 0.5) is 8.78 Å². The molecule has 1 saturated heterocycles. The minimum atomic E-state index is -0.605. The largest absolute Gasteiger partial charge is 0.384 e. The van der Waals surface area contributed by atoms with Gasteiger partial charge in [-0.3, -0.25) is 4.79 Å². The molecule has 1 aliphatic carbocycles. The van der Waals surface area contributed by atoms with Crippen molar-refractivity contribution >= 4 is 5.91 Å². The van der Waals surface area contributed by atoms with E-state index in [2.05, 4.69) is 12.2 Å². The van der Waals surface area contributed by atoms with E-state index in [9.17, 15) is 13.6 Å². The van der Waals surface area contributed by atoms with Crippen molar-refractivity contribution in [3.8, 4) is 0 Å². The van der Waals surface area contributed by atoms with Crippen LogP contribution in [0.15, 0.2) is 18.2 Å². The number of hydrogen-bond acceptors (Lipinski definition) is 3. The standard InChI is InChI=1S/C21H29F2NO3/c1-13-4-7-16-18(10-13)27-19(15-6-5-14(22)11-17(15)23)12-21(16,2)24-20(25)8-9-26-3/h5-6,11,13,16,18-19H,4,7-10,12H2,1-3H3,(H,24,25)/t13-,16-,18-,19-,21+/m1/s1. The van der Waals surface area contributed by atoms with Gasteiger partial charge in [0.1, 0.15) is 11.6 Å². The number of benzene rings is 1. The summed E-state index contributed by atoms with van der Waals surface area (Å²) in [5.74, 6) is -0.573. The zero-order valence-electron chi connectivity index (χ0n) is 16.3. The average Bonchev–Trinajstić information content (AvgIpc) is 2.59. The molecule has 1 aromatic carbocycles. The second kappa shape index (κ2) is 8.23. The Morgan fingerprint density at radius 3 is 2.85 bits per heavy atom. The summed E-state index contributed by atoms with van der Waals surface area (Å²) in [6.07, 6.45) is 3.12. The third-order valence-corrected chi connectivity index (χ3v) is 6.09. The smallest absolute Gasteiger partial charge is 0.222 e. The van der Waals surface area contributed by atoms with Gasteiger partial charge in [-0.15, -0.1) is 0 Å². The predicted octanol–water partition coefficient (Wildman–Crippen LogP) is 4.14. The van der Waals surface area contributed by atoms with Crippen LogP contribution in [0.25, 0.3) is 0 Å². The number of fused-ring (bicyclic) bond motifs is 1. The fourth-order valence-electron chi connectivity index (χ4n) is 4.67. The van der Waals surface area contributed by atoms with Crippen molar-refractivity contribution in [3.05, 3.63) is 35.4 Å². The van der Waals surface area contributed by atoms with E-state index in [0.717, 1.165) is 25.3 Å². The van der Waals surface area contributed by atoms with Gasteiger partial charge in [-0.1, -0.05) is 19.4 Å². The molecule has 0 spiro atoms. The van der Waals surface area contributed by atoms with Gasteiger partial charge in [0.05, 0.1) is 18.8 Å². The lowest BCUT2D eigenvalue weighted by atomic mass is 9.66. The summed E-state index contributed by atoms with van der Waals surface area (Å²) in [5.41, 5.74) is -0.148. The van der Waals surface area contributed by atoms with Crippen LogP contribution in [-0.2, 0) is 14.3 Å². The van der Waals surface area contributed by atoms with Crippen molar-refractivity contribution in [1.82, 2.24) is 5.32 Å². The molecule has 2 fully saturated rings. The molecular weight excluding hydrogens is 352 g/mol. The summed E-state index contributed by atoms with van der Waals surface area (Å²) >= 11 is 0. The maximum Gasteiger partial charge on any atom is 0.222 e. The van der Waals surface area contributed by atoms with Crippen LogP contribution >= 0.6 is 0 Å². The molecule has 1 saturated carbocycles. The van der Waals surface area contributed by atoms with Crippen molar-refractivity contribution in [2.75, 3.05) is 13.7 Å². The Morgan fingerprint density at radius 1 is 1.37 bits per heavy atom. The van der Waals surface area contributed by atoms with Crippen LogP contribution in [0.3, 0.4) is 0 Å². The van der Waals surface area contributed by atoms with Crippen LogP contribution in [-0.4, -0.2) is 31.3 Å². The summed E-state index contributed by atoms with van der Waals surface area (Å²) < 4.78 is 39.0. The van der Waals surface area contributed by atoms with Crippen molar-refractivity contribution in [2.45, 2.75) is 63.7 Å². The molecule has 0 unspecified atom stereocenters. The Kier molecular flexibility index (Phi) is 6.16. The van der Waals surface area contributed by atoms with Crippen molar-refractivity contribution in [2.24, 2.45) is 11.8 Å². The van der Waals surface area contributed by atoms with E-state index < -0.39 is 23.3 Å². The molecule has 4 nitrogen and oxygen atoms in total. The number of carbonyl (C=O) groups is 1. The minimum Gasteiger partial charge on any atom is -0.384 e. The van der Waals surface area contributed by atoms with Crippen LogP contribution in [0.2, 0.25) is 0 Å². The highest BCUT2D eigenvalue weighted by Gasteiger charge is 2.49. The van der Waals surface area contributed by atoms with Crippen LogP contribution in [0, 0.1) is 23.5 Å². The molecule has 0 bridgehead atoms. The van der Waals surface area contributed by atoms with Crippen molar-refractivity contribution < 1.29 is 23.0 Å². The monoisotopic (exact) mass is 381 g/mol. The fourth-order valence-corrected chi connectivity index (χ4v) is 4.67. The van der Waals surface area contributed by atoms with Gasteiger partial charge >= 0.3 is 0 Å². The lowest BCUT2D eigenvalue weighted by Crippen LogP contribution is -2.60. The van der Waals surface area contributed by atoms with Gasteiger partial charge in [-0.05, 0) is 31.7 Å². The second-order valence-corrected chi connectivity index (χ2v) is 8.27. The Balaban J connectivity index is 1.86. The van der Waals surface area contributed by atoms with E-state index in [1.165, 1.54) is 12.1 Å². The fraction of sp³-hybridized carbons (Fsp3) is 0.667. The van der Waals surface area contributed by atoms with E-state index in [-0.39, 0.29) is 24.3 Å². The highest BCUT2D eigenvalue weighted by atomic mass is 19.1. The highest BCUT2D eigenvalue weighted by molar-refractivity contribution is 5.77. The molecule has 1 aliphatic heterocycles. The first-order valence-corrected chi connectivity index (χ1v) is 9.72. The summed E-state index contributed by atoms with van der Waals surface area (Å²) in [6.45, 7) is 4.58. The van der Waals surface area contributed by atoms with E-state index in [0.29, 0.717) is 24.5 Å². The van der Waals surface area contributed by atoms with E-state index >= 15 is 0 Å². The summed E-state index contributed by atoms with van der Waals surface area (Å²) in [6, 6.07) is 3.60. The van der Waals surface area contributed by atoms with E-state index in [1.807, 2.05) is 6.92 Å². The number of amides is 1. The van der Waals surface area contributed by atoms with Gasteiger partial charge in [-0.2, -0.15) is 0 Å². The third-order valence-electron chi connectivity index (χ3n) is 6.09. The van der Waals surface area contributed by atoms with Gasteiger partial charge in [-0.25, -0.2) is 8.78 Å². The molecule has 27 heavy (non-hydrogen) atoms. The Labute approximate surface area is 159 Å². The first-order chi connectivity index (χ1) is 12.8. The zero-order chi connectivity index (χ0) is 19.6. The lowest BCUT2D eigenvalue weighted by Gasteiger charge is -2.52. The Bertz CT molecular complexity index is 683. The number of ether oxygens (including phenoxy) is 2. The maximum atomic E-state index is 14.4. The Hall–Kier alpha value is -1.53. The molecule has 2 aliphatic rings. The number of rotatable bonds is 5. The second-order valence-electron chi connectivity index (χ2n) is 8.27. The average molecular weight is 381 g/mol. The van der Waals surface area contributed by atoms with E-state index in [1.54, 1.807) is 7.11 Å². The SMILES string of the molecule is COCCC(=O)N[C@@]1(C)C[C@H](c2ccc(F)cc2F)O[C@@H]2C[C@H](C)CC[C@H]21. The Morgan fingerprint density at radius 2 is 2.15 bits per heavy atom. The molecule has 150 valence electrons. The summed E-state index contributed by atoms with van der Waals surface area (Å²) in [7, 11) is 1.56. The summed E-state index contributed by atoms with van der Waals surface area (Å²) in [4.78, 5) is 12.4. The van der Waals surface area contributed by atoms with E-state index in [4.69, 9.17) is 9.47 Å².